The summed E-state index contributed by atoms with van der Waals surface area (Å²) in [7, 11) is 0. The molecule has 1 unspecified atom stereocenters. The molecule has 0 amide bonds. The average Bonchev–Trinajstić information content (AvgIpc) is 2.44. The number of fused-ring (bicyclic) bond motifs is 1. The SMILES string of the molecule is Cc1c(S(=O)[O-])oc2ccc(Cl)cc12.[Na+]. The molecule has 15 heavy (non-hydrogen) atoms. The zero-order valence-electron chi connectivity index (χ0n) is 8.24. The Balaban J connectivity index is 0.00000112. The van der Waals surface area contributed by atoms with Crippen LogP contribution in [0.2, 0.25) is 5.02 Å². The number of halogens is 1. The topological polar surface area (TPSA) is 53.3 Å². The fourth-order valence-electron chi connectivity index (χ4n) is 1.33. The summed E-state index contributed by atoms with van der Waals surface area (Å²) in [6, 6.07) is 5.00. The minimum absolute atomic E-state index is 0. The molecule has 2 aromatic rings. The van der Waals surface area contributed by atoms with E-state index in [9.17, 15) is 8.76 Å². The summed E-state index contributed by atoms with van der Waals surface area (Å²) in [4.78, 5) is 0. The minimum Gasteiger partial charge on any atom is -0.766 e. The molecule has 0 saturated carbocycles. The van der Waals surface area contributed by atoms with Gasteiger partial charge in [-0.05, 0) is 25.1 Å². The molecule has 0 fully saturated rings. The van der Waals surface area contributed by atoms with Crippen LogP contribution in [0, 0.1) is 6.92 Å². The molecule has 1 aromatic heterocycles. The molecule has 2 rings (SSSR count). The molecule has 3 nitrogen and oxygen atoms in total. The molecule has 0 saturated heterocycles. The van der Waals surface area contributed by atoms with Crippen molar-refractivity contribution in [3.63, 3.8) is 0 Å². The van der Waals surface area contributed by atoms with Crippen molar-refractivity contribution in [1.82, 2.24) is 0 Å². The molecule has 1 atom stereocenters. The first-order chi connectivity index (χ1) is 6.59. The molecular weight excluding hydrogens is 247 g/mol. The van der Waals surface area contributed by atoms with Gasteiger partial charge in [0.05, 0.1) is 0 Å². The first-order valence-electron chi connectivity index (χ1n) is 3.87. The molecule has 0 aliphatic rings. The number of hydrogen-bond donors (Lipinski definition) is 0. The largest absolute Gasteiger partial charge is 1.00 e. The number of hydrogen-bond acceptors (Lipinski definition) is 3. The summed E-state index contributed by atoms with van der Waals surface area (Å²) < 4.78 is 26.6. The number of furan rings is 1. The van der Waals surface area contributed by atoms with Gasteiger partial charge in [-0.15, -0.1) is 0 Å². The van der Waals surface area contributed by atoms with E-state index in [4.69, 9.17) is 16.0 Å². The standard InChI is InChI=1S/C9H7ClO3S.Na/c1-5-7-4-6(10)2-3-8(7)13-9(5)14(11)12;/h2-4H,1H3,(H,11,12);/q;+1/p-1. The van der Waals surface area contributed by atoms with Gasteiger partial charge in [-0.3, -0.25) is 4.21 Å². The van der Waals surface area contributed by atoms with E-state index >= 15 is 0 Å². The second kappa shape index (κ2) is 4.99. The van der Waals surface area contributed by atoms with Crippen molar-refractivity contribution in [2.24, 2.45) is 0 Å². The Labute approximate surface area is 116 Å². The molecule has 1 aromatic carbocycles. The van der Waals surface area contributed by atoms with Gasteiger partial charge < -0.3 is 8.97 Å². The fraction of sp³-hybridized carbons (Fsp3) is 0.111. The third kappa shape index (κ3) is 2.46. The van der Waals surface area contributed by atoms with Gasteiger partial charge in [0.25, 0.3) is 0 Å². The molecular formula is C9H6ClNaO3S. The van der Waals surface area contributed by atoms with Crippen LogP contribution in [0.5, 0.6) is 0 Å². The molecule has 0 aliphatic heterocycles. The first-order valence-corrected chi connectivity index (χ1v) is 5.33. The van der Waals surface area contributed by atoms with Crippen LogP contribution in [0.1, 0.15) is 5.56 Å². The van der Waals surface area contributed by atoms with E-state index < -0.39 is 11.1 Å². The van der Waals surface area contributed by atoms with Gasteiger partial charge in [-0.1, -0.05) is 11.6 Å². The number of rotatable bonds is 1. The van der Waals surface area contributed by atoms with Crippen molar-refractivity contribution in [2.45, 2.75) is 12.0 Å². The Morgan fingerprint density at radius 1 is 1.47 bits per heavy atom. The zero-order chi connectivity index (χ0) is 10.3. The first kappa shape index (κ1) is 13.2. The van der Waals surface area contributed by atoms with Crippen LogP contribution in [-0.4, -0.2) is 8.76 Å². The van der Waals surface area contributed by atoms with Crippen molar-refractivity contribution >= 4 is 33.7 Å². The molecule has 74 valence electrons. The van der Waals surface area contributed by atoms with E-state index in [-0.39, 0.29) is 34.6 Å². The van der Waals surface area contributed by atoms with Crippen LogP contribution in [-0.2, 0) is 11.1 Å². The predicted molar refractivity (Wildman–Crippen MR) is 53.1 cm³/mol. The number of aryl methyl sites for hydroxylation is 1. The van der Waals surface area contributed by atoms with Crippen LogP contribution < -0.4 is 29.6 Å². The summed E-state index contributed by atoms with van der Waals surface area (Å²) in [5, 5.41) is 1.27. The maximum Gasteiger partial charge on any atom is 1.00 e. The Morgan fingerprint density at radius 3 is 2.73 bits per heavy atom. The van der Waals surface area contributed by atoms with Crippen molar-refractivity contribution < 1.29 is 42.7 Å². The second-order valence-corrected chi connectivity index (χ2v) is 4.17. The Kier molecular flexibility index (Phi) is 4.40. The van der Waals surface area contributed by atoms with Crippen LogP contribution in [0.25, 0.3) is 11.0 Å². The van der Waals surface area contributed by atoms with Crippen molar-refractivity contribution in [1.29, 1.82) is 0 Å². The third-order valence-corrected chi connectivity index (χ3v) is 2.93. The molecule has 0 spiro atoms. The zero-order valence-corrected chi connectivity index (χ0v) is 11.8. The van der Waals surface area contributed by atoms with Crippen molar-refractivity contribution in [3.05, 3.63) is 28.8 Å². The van der Waals surface area contributed by atoms with Crippen LogP contribution in [0.3, 0.4) is 0 Å². The van der Waals surface area contributed by atoms with E-state index in [2.05, 4.69) is 0 Å². The quantitative estimate of drug-likeness (QED) is 0.514. The van der Waals surface area contributed by atoms with Gasteiger partial charge >= 0.3 is 29.6 Å². The van der Waals surface area contributed by atoms with Crippen LogP contribution >= 0.6 is 11.6 Å². The van der Waals surface area contributed by atoms with E-state index in [0.29, 0.717) is 16.2 Å². The summed E-state index contributed by atoms with van der Waals surface area (Å²) in [6.45, 7) is 1.69. The maximum absolute atomic E-state index is 10.7. The Morgan fingerprint density at radius 2 is 2.13 bits per heavy atom. The summed E-state index contributed by atoms with van der Waals surface area (Å²) in [6.07, 6.45) is 0. The molecule has 1 heterocycles. The second-order valence-electron chi connectivity index (χ2n) is 2.89. The van der Waals surface area contributed by atoms with Crippen LogP contribution in [0.15, 0.2) is 27.7 Å². The van der Waals surface area contributed by atoms with Gasteiger partial charge in [-0.2, -0.15) is 0 Å². The fourth-order valence-corrected chi connectivity index (χ4v) is 2.02. The maximum atomic E-state index is 10.7. The molecule has 0 aliphatic carbocycles. The van der Waals surface area contributed by atoms with Gasteiger partial charge in [0.15, 0.2) is 5.09 Å². The third-order valence-electron chi connectivity index (χ3n) is 2.01. The molecule has 6 heteroatoms. The van der Waals surface area contributed by atoms with Crippen molar-refractivity contribution in [3.8, 4) is 0 Å². The van der Waals surface area contributed by atoms with Gasteiger partial charge in [0, 0.05) is 27.1 Å². The van der Waals surface area contributed by atoms with E-state index in [1.807, 2.05) is 0 Å². The number of benzene rings is 1. The summed E-state index contributed by atoms with van der Waals surface area (Å²) in [5.41, 5.74) is 1.13. The monoisotopic (exact) mass is 252 g/mol. The van der Waals surface area contributed by atoms with Crippen molar-refractivity contribution in [2.75, 3.05) is 0 Å². The van der Waals surface area contributed by atoms with Gasteiger partial charge in [-0.25, -0.2) is 0 Å². The van der Waals surface area contributed by atoms with E-state index in [1.165, 1.54) is 0 Å². The minimum atomic E-state index is -2.34. The van der Waals surface area contributed by atoms with Gasteiger partial charge in [0.1, 0.15) is 5.58 Å². The summed E-state index contributed by atoms with van der Waals surface area (Å²) in [5.74, 6) is 0. The van der Waals surface area contributed by atoms with E-state index in [0.717, 1.165) is 5.39 Å². The predicted octanol–water partition coefficient (Wildman–Crippen LogP) is -0.363. The molecule has 0 bridgehead atoms. The molecule has 0 radical (unpaired) electrons. The Bertz CT molecular complexity index is 523. The van der Waals surface area contributed by atoms with Gasteiger partial charge in [0.2, 0.25) is 0 Å². The van der Waals surface area contributed by atoms with E-state index in [1.54, 1.807) is 25.1 Å². The Hall–Kier alpha value is 0.160. The summed E-state index contributed by atoms with van der Waals surface area (Å²) >= 11 is 3.44. The van der Waals surface area contributed by atoms with Crippen LogP contribution in [0.4, 0.5) is 0 Å². The average molecular weight is 253 g/mol. The smallest absolute Gasteiger partial charge is 0.766 e. The normalized spacial score (nSPS) is 12.5. The molecule has 0 N–H and O–H groups in total.